The average Bonchev–Trinajstić information content (AvgIpc) is 2.81. The number of pyridine rings is 1. The van der Waals surface area contributed by atoms with E-state index in [4.69, 9.17) is 0 Å². The predicted molar refractivity (Wildman–Crippen MR) is 77.3 cm³/mol. The quantitative estimate of drug-likeness (QED) is 0.842. The SMILES string of the molecule is CC1(C)CCc2c(-c3ccnc(NC=O)c3)n[nH]c2C1. The summed E-state index contributed by atoms with van der Waals surface area (Å²) in [7, 11) is 0. The summed E-state index contributed by atoms with van der Waals surface area (Å²) in [4.78, 5) is 14.6. The molecule has 2 heterocycles. The van der Waals surface area contributed by atoms with E-state index in [2.05, 4.69) is 34.3 Å². The maximum absolute atomic E-state index is 10.5. The van der Waals surface area contributed by atoms with E-state index in [0.29, 0.717) is 17.6 Å². The summed E-state index contributed by atoms with van der Waals surface area (Å²) in [6.45, 7) is 4.57. The summed E-state index contributed by atoms with van der Waals surface area (Å²) in [6.07, 6.45) is 5.55. The number of hydrogen-bond acceptors (Lipinski definition) is 3. The van der Waals surface area contributed by atoms with Gasteiger partial charge in [0.25, 0.3) is 0 Å². The zero-order valence-corrected chi connectivity index (χ0v) is 11.7. The van der Waals surface area contributed by atoms with Crippen LogP contribution in [0.2, 0.25) is 0 Å². The van der Waals surface area contributed by atoms with Gasteiger partial charge in [-0.15, -0.1) is 0 Å². The lowest BCUT2D eigenvalue weighted by Crippen LogP contribution is -2.21. The van der Waals surface area contributed by atoms with Crippen LogP contribution in [-0.2, 0) is 17.6 Å². The molecule has 0 aliphatic heterocycles. The summed E-state index contributed by atoms with van der Waals surface area (Å²) in [5.41, 5.74) is 4.83. The van der Waals surface area contributed by atoms with Crippen molar-refractivity contribution in [1.82, 2.24) is 15.2 Å². The van der Waals surface area contributed by atoms with E-state index in [1.165, 1.54) is 11.3 Å². The van der Waals surface area contributed by atoms with Gasteiger partial charge in [-0.3, -0.25) is 9.89 Å². The number of nitrogens with one attached hydrogen (secondary N) is 2. The van der Waals surface area contributed by atoms with Crippen LogP contribution < -0.4 is 5.32 Å². The second-order valence-corrected chi connectivity index (χ2v) is 6.06. The van der Waals surface area contributed by atoms with E-state index >= 15 is 0 Å². The number of hydrogen-bond donors (Lipinski definition) is 2. The number of aromatic nitrogens is 3. The molecular weight excluding hydrogens is 252 g/mol. The van der Waals surface area contributed by atoms with Crippen LogP contribution >= 0.6 is 0 Å². The summed E-state index contributed by atoms with van der Waals surface area (Å²) >= 11 is 0. The molecule has 0 fully saturated rings. The minimum Gasteiger partial charge on any atom is -0.313 e. The summed E-state index contributed by atoms with van der Waals surface area (Å²) in [6, 6.07) is 3.77. The maximum atomic E-state index is 10.5. The van der Waals surface area contributed by atoms with Gasteiger partial charge in [0.05, 0.1) is 5.69 Å². The molecule has 0 saturated heterocycles. The molecule has 20 heavy (non-hydrogen) atoms. The van der Waals surface area contributed by atoms with Crippen molar-refractivity contribution >= 4 is 12.2 Å². The summed E-state index contributed by atoms with van der Waals surface area (Å²) in [5.74, 6) is 0.547. The highest BCUT2D eigenvalue weighted by atomic mass is 16.1. The third kappa shape index (κ3) is 2.31. The Morgan fingerprint density at radius 2 is 2.30 bits per heavy atom. The van der Waals surface area contributed by atoms with Crippen molar-refractivity contribution in [2.75, 3.05) is 5.32 Å². The van der Waals surface area contributed by atoms with Crippen LogP contribution in [0.1, 0.15) is 31.5 Å². The topological polar surface area (TPSA) is 70.7 Å². The molecule has 0 saturated carbocycles. The highest BCUT2D eigenvalue weighted by Gasteiger charge is 2.29. The van der Waals surface area contributed by atoms with Crippen molar-refractivity contribution in [3.8, 4) is 11.3 Å². The molecule has 3 rings (SSSR count). The number of rotatable bonds is 3. The number of carbonyl (C=O) groups is 1. The third-order valence-corrected chi connectivity index (χ3v) is 3.90. The molecule has 2 aromatic rings. The smallest absolute Gasteiger partial charge is 0.212 e. The van der Waals surface area contributed by atoms with Gasteiger partial charge >= 0.3 is 0 Å². The molecule has 5 nitrogen and oxygen atoms in total. The van der Waals surface area contributed by atoms with Gasteiger partial charge < -0.3 is 5.32 Å². The van der Waals surface area contributed by atoms with Gasteiger partial charge in [-0.2, -0.15) is 5.10 Å². The number of H-pyrrole nitrogens is 1. The van der Waals surface area contributed by atoms with Crippen LogP contribution in [0.15, 0.2) is 18.3 Å². The highest BCUT2D eigenvalue weighted by molar-refractivity contribution is 5.73. The number of amides is 1. The van der Waals surface area contributed by atoms with Gasteiger partial charge in [-0.1, -0.05) is 13.8 Å². The molecular formula is C15H18N4O. The highest BCUT2D eigenvalue weighted by Crippen LogP contribution is 2.37. The molecule has 0 unspecified atom stereocenters. The van der Waals surface area contributed by atoms with Crippen molar-refractivity contribution in [1.29, 1.82) is 0 Å². The number of aromatic amines is 1. The Bertz CT molecular complexity index is 645. The van der Waals surface area contributed by atoms with Crippen molar-refractivity contribution in [3.05, 3.63) is 29.6 Å². The molecule has 2 N–H and O–H groups in total. The predicted octanol–water partition coefficient (Wildman–Crippen LogP) is 2.55. The van der Waals surface area contributed by atoms with E-state index in [1.54, 1.807) is 6.20 Å². The second-order valence-electron chi connectivity index (χ2n) is 6.06. The minimum atomic E-state index is 0.333. The molecule has 0 aromatic carbocycles. The molecule has 0 radical (unpaired) electrons. The molecule has 1 aliphatic carbocycles. The van der Waals surface area contributed by atoms with Gasteiger partial charge in [-0.25, -0.2) is 4.98 Å². The van der Waals surface area contributed by atoms with E-state index in [0.717, 1.165) is 30.5 Å². The van der Waals surface area contributed by atoms with E-state index < -0.39 is 0 Å². The lowest BCUT2D eigenvalue weighted by Gasteiger charge is -2.29. The monoisotopic (exact) mass is 270 g/mol. The van der Waals surface area contributed by atoms with Crippen molar-refractivity contribution < 1.29 is 4.79 Å². The Morgan fingerprint density at radius 3 is 3.10 bits per heavy atom. The first-order chi connectivity index (χ1) is 9.59. The maximum Gasteiger partial charge on any atom is 0.212 e. The van der Waals surface area contributed by atoms with Crippen molar-refractivity contribution in [2.24, 2.45) is 5.41 Å². The first kappa shape index (κ1) is 12.8. The van der Waals surface area contributed by atoms with E-state index in [-0.39, 0.29) is 0 Å². The molecule has 1 aliphatic rings. The first-order valence-corrected chi connectivity index (χ1v) is 6.82. The van der Waals surface area contributed by atoms with Crippen LogP contribution in [0.25, 0.3) is 11.3 Å². The van der Waals surface area contributed by atoms with Crippen LogP contribution in [0.3, 0.4) is 0 Å². The van der Waals surface area contributed by atoms with Gasteiger partial charge in [0, 0.05) is 23.0 Å². The second kappa shape index (κ2) is 4.74. The lowest BCUT2D eigenvalue weighted by atomic mass is 9.76. The van der Waals surface area contributed by atoms with E-state index in [9.17, 15) is 4.79 Å². The normalized spacial score (nSPS) is 16.5. The largest absolute Gasteiger partial charge is 0.313 e. The summed E-state index contributed by atoms with van der Waals surface area (Å²) in [5, 5.41) is 10.2. The van der Waals surface area contributed by atoms with Gasteiger partial charge in [-0.05, 0) is 36.8 Å². The van der Waals surface area contributed by atoms with Crippen LogP contribution in [0.4, 0.5) is 5.82 Å². The van der Waals surface area contributed by atoms with E-state index in [1.807, 2.05) is 12.1 Å². The molecule has 0 spiro atoms. The van der Waals surface area contributed by atoms with Crippen LogP contribution in [-0.4, -0.2) is 21.6 Å². The van der Waals surface area contributed by atoms with Crippen molar-refractivity contribution in [3.63, 3.8) is 0 Å². The molecule has 2 aromatic heterocycles. The lowest BCUT2D eigenvalue weighted by molar-refractivity contribution is -0.105. The van der Waals surface area contributed by atoms with Crippen LogP contribution in [0.5, 0.6) is 0 Å². The van der Waals surface area contributed by atoms with Gasteiger partial charge in [0.2, 0.25) is 6.41 Å². The molecule has 5 heteroatoms. The van der Waals surface area contributed by atoms with Crippen molar-refractivity contribution in [2.45, 2.75) is 33.1 Å². The average molecular weight is 270 g/mol. The Labute approximate surface area is 117 Å². The minimum absolute atomic E-state index is 0.333. The molecule has 0 atom stereocenters. The Morgan fingerprint density at radius 1 is 1.45 bits per heavy atom. The molecule has 104 valence electrons. The first-order valence-electron chi connectivity index (χ1n) is 6.82. The van der Waals surface area contributed by atoms with Gasteiger partial charge in [0.1, 0.15) is 5.82 Å². The number of fused-ring (bicyclic) bond motifs is 1. The number of nitrogens with zero attached hydrogens (tertiary/aromatic N) is 2. The number of carbonyl (C=O) groups excluding carboxylic acids is 1. The number of anilines is 1. The Kier molecular flexibility index (Phi) is 3.04. The third-order valence-electron chi connectivity index (χ3n) is 3.90. The zero-order chi connectivity index (χ0) is 14.2. The summed E-state index contributed by atoms with van der Waals surface area (Å²) < 4.78 is 0. The fourth-order valence-corrected chi connectivity index (χ4v) is 2.80. The van der Waals surface area contributed by atoms with Gasteiger partial charge in [0.15, 0.2) is 0 Å². The standard InChI is InChI=1S/C15H18N4O/c1-15(2)5-3-11-12(8-15)18-19-14(11)10-4-6-16-13(7-10)17-9-20/h4,6-7,9H,3,5,8H2,1-2H3,(H,18,19)(H,16,17,20). The molecule has 1 amide bonds. The molecule has 0 bridgehead atoms. The fourth-order valence-electron chi connectivity index (χ4n) is 2.80. The fraction of sp³-hybridized carbons (Fsp3) is 0.400. The Balaban J connectivity index is 1.98. The zero-order valence-electron chi connectivity index (χ0n) is 11.7. The van der Waals surface area contributed by atoms with Crippen LogP contribution in [0, 0.1) is 5.41 Å². The Hall–Kier alpha value is -2.17.